The Morgan fingerprint density at radius 3 is 2.89 bits per heavy atom. The number of H-pyrrole nitrogens is 1. The average Bonchev–Trinajstić information content (AvgIpc) is 1.59. The van der Waals surface area contributed by atoms with Crippen LogP contribution in [0, 0.1) is 0 Å². The van der Waals surface area contributed by atoms with E-state index >= 15 is 0 Å². The second-order valence-electron chi connectivity index (χ2n) is 1.36. The second-order valence-corrected chi connectivity index (χ2v) is 2.53. The van der Waals surface area contributed by atoms with Gasteiger partial charge in [0, 0.05) is 6.07 Å². The molecule has 1 rings (SSSR count). The number of aromatic amines is 1. The molecule has 0 amide bonds. The lowest BCUT2D eigenvalue weighted by molar-refractivity contribution is 1.09. The van der Waals surface area contributed by atoms with E-state index in [-0.39, 0.29) is 10.8 Å². The Hall–Kier alpha value is -0.350. The van der Waals surface area contributed by atoms with Gasteiger partial charge in [0.15, 0.2) is 0 Å². The first-order valence-corrected chi connectivity index (χ1v) is 3.28. The van der Waals surface area contributed by atoms with Gasteiger partial charge in [0.1, 0.15) is 4.60 Å². The molecule has 3 nitrogen and oxygen atoms in total. The van der Waals surface area contributed by atoms with E-state index in [4.69, 9.17) is 11.6 Å². The van der Waals surface area contributed by atoms with Gasteiger partial charge in [-0.15, -0.1) is 0 Å². The molecule has 0 radical (unpaired) electrons. The Bertz CT molecular complexity index is 248. The van der Waals surface area contributed by atoms with E-state index in [0.717, 1.165) is 0 Å². The van der Waals surface area contributed by atoms with Crippen LogP contribution in [0.1, 0.15) is 0 Å². The van der Waals surface area contributed by atoms with Gasteiger partial charge in [0.2, 0.25) is 5.28 Å². The van der Waals surface area contributed by atoms with Crippen molar-refractivity contribution in [2.45, 2.75) is 0 Å². The van der Waals surface area contributed by atoms with Gasteiger partial charge < -0.3 is 0 Å². The van der Waals surface area contributed by atoms with Crippen LogP contribution in [0.15, 0.2) is 15.5 Å². The van der Waals surface area contributed by atoms with Crippen molar-refractivity contribution in [1.29, 1.82) is 0 Å². The van der Waals surface area contributed by atoms with Crippen molar-refractivity contribution in [3.63, 3.8) is 0 Å². The molecule has 1 N–H and O–H groups in total. The molecule has 0 saturated heterocycles. The summed E-state index contributed by atoms with van der Waals surface area (Å²) in [5.41, 5.74) is -0.262. The third-order valence-corrected chi connectivity index (χ3v) is 1.27. The maximum atomic E-state index is 10.5. The molecular formula is C4H2BrClN2O. The van der Waals surface area contributed by atoms with Crippen molar-refractivity contribution in [2.75, 3.05) is 0 Å². The highest BCUT2D eigenvalue weighted by molar-refractivity contribution is 9.10. The third kappa shape index (κ3) is 1.80. The molecule has 0 aromatic carbocycles. The Labute approximate surface area is 64.2 Å². The molecule has 0 atom stereocenters. The average molecular weight is 209 g/mol. The maximum absolute atomic E-state index is 10.5. The molecule has 0 aliphatic heterocycles. The Morgan fingerprint density at radius 1 is 1.78 bits per heavy atom. The molecule has 0 aliphatic rings. The number of nitrogens with zero attached hydrogens (tertiary/aromatic N) is 1. The van der Waals surface area contributed by atoms with E-state index in [1.54, 1.807) is 0 Å². The van der Waals surface area contributed by atoms with E-state index in [1.807, 2.05) is 0 Å². The number of aromatic nitrogens is 2. The zero-order chi connectivity index (χ0) is 6.85. The van der Waals surface area contributed by atoms with Crippen LogP contribution < -0.4 is 5.56 Å². The standard InChI is InChI=1S/C4H2BrClN2O/c5-2-1-3(9)8-4(6)7-2/h1H,(H,7,8,9). The van der Waals surface area contributed by atoms with Gasteiger partial charge in [-0.3, -0.25) is 9.78 Å². The molecule has 1 heterocycles. The molecule has 0 fully saturated rings. The monoisotopic (exact) mass is 208 g/mol. The summed E-state index contributed by atoms with van der Waals surface area (Å²) in [5.74, 6) is 0. The van der Waals surface area contributed by atoms with Gasteiger partial charge in [-0.05, 0) is 27.5 Å². The molecule has 0 unspecified atom stereocenters. The minimum Gasteiger partial charge on any atom is -0.297 e. The fourth-order valence-electron chi connectivity index (χ4n) is 0.400. The highest BCUT2D eigenvalue weighted by Crippen LogP contribution is 2.03. The van der Waals surface area contributed by atoms with Crippen molar-refractivity contribution < 1.29 is 0 Å². The topological polar surface area (TPSA) is 45.8 Å². The van der Waals surface area contributed by atoms with Gasteiger partial charge >= 0.3 is 0 Å². The van der Waals surface area contributed by atoms with Crippen LogP contribution in [0.5, 0.6) is 0 Å². The minimum atomic E-state index is -0.262. The van der Waals surface area contributed by atoms with Gasteiger partial charge in [-0.2, -0.15) is 0 Å². The lowest BCUT2D eigenvalue weighted by Crippen LogP contribution is -2.04. The smallest absolute Gasteiger partial charge is 0.252 e. The molecule has 9 heavy (non-hydrogen) atoms. The van der Waals surface area contributed by atoms with Crippen LogP contribution in [0.4, 0.5) is 0 Å². The summed E-state index contributed by atoms with van der Waals surface area (Å²) in [6.07, 6.45) is 0. The van der Waals surface area contributed by atoms with Gasteiger partial charge in [0.05, 0.1) is 0 Å². The van der Waals surface area contributed by atoms with Gasteiger partial charge in [0.25, 0.3) is 5.56 Å². The minimum absolute atomic E-state index is 0.0920. The number of rotatable bonds is 0. The van der Waals surface area contributed by atoms with Crippen molar-refractivity contribution in [3.8, 4) is 0 Å². The maximum Gasteiger partial charge on any atom is 0.252 e. The molecule has 0 aliphatic carbocycles. The van der Waals surface area contributed by atoms with Crippen LogP contribution in [0.3, 0.4) is 0 Å². The number of hydrogen-bond acceptors (Lipinski definition) is 2. The van der Waals surface area contributed by atoms with Crippen molar-refractivity contribution in [3.05, 3.63) is 26.3 Å². The summed E-state index contributed by atoms with van der Waals surface area (Å²) in [4.78, 5) is 16.4. The first-order chi connectivity index (χ1) is 4.18. The van der Waals surface area contributed by atoms with Crippen molar-refractivity contribution >= 4 is 27.5 Å². The van der Waals surface area contributed by atoms with Crippen molar-refractivity contribution in [2.24, 2.45) is 0 Å². The third-order valence-electron chi connectivity index (χ3n) is 0.682. The summed E-state index contributed by atoms with van der Waals surface area (Å²) in [6, 6.07) is 1.30. The summed E-state index contributed by atoms with van der Waals surface area (Å²) in [7, 11) is 0. The first-order valence-electron chi connectivity index (χ1n) is 2.11. The van der Waals surface area contributed by atoms with E-state index in [1.165, 1.54) is 6.07 Å². The molecule has 1 aromatic heterocycles. The number of nitrogens with one attached hydrogen (secondary N) is 1. The summed E-state index contributed by atoms with van der Waals surface area (Å²) >= 11 is 8.35. The second kappa shape index (κ2) is 2.49. The van der Waals surface area contributed by atoms with Crippen molar-refractivity contribution in [1.82, 2.24) is 9.97 Å². The summed E-state index contributed by atoms with van der Waals surface area (Å²) in [5, 5.41) is 0.0920. The highest BCUT2D eigenvalue weighted by atomic mass is 79.9. The molecule has 0 saturated carbocycles. The predicted molar refractivity (Wildman–Crippen MR) is 37.6 cm³/mol. The molecule has 1 aromatic rings. The van der Waals surface area contributed by atoms with Crippen LogP contribution in [0.25, 0.3) is 0 Å². The highest BCUT2D eigenvalue weighted by Gasteiger charge is 1.92. The Morgan fingerprint density at radius 2 is 2.44 bits per heavy atom. The van der Waals surface area contributed by atoms with E-state index < -0.39 is 0 Å². The largest absolute Gasteiger partial charge is 0.297 e. The van der Waals surface area contributed by atoms with Gasteiger partial charge in [-0.1, -0.05) is 0 Å². The summed E-state index contributed by atoms with van der Waals surface area (Å²) in [6.45, 7) is 0. The zero-order valence-corrected chi connectivity index (χ0v) is 6.53. The molecule has 0 bridgehead atoms. The lowest BCUT2D eigenvalue weighted by Gasteiger charge is -1.87. The molecule has 5 heteroatoms. The fourth-order valence-corrected chi connectivity index (χ4v) is 1.07. The normalized spacial score (nSPS) is 9.56. The van der Waals surface area contributed by atoms with E-state index in [0.29, 0.717) is 4.60 Å². The van der Waals surface area contributed by atoms with Crippen LogP contribution in [-0.2, 0) is 0 Å². The molecule has 0 spiro atoms. The van der Waals surface area contributed by atoms with E-state index in [9.17, 15) is 4.79 Å². The summed E-state index contributed by atoms with van der Waals surface area (Å²) < 4.78 is 0.441. The Balaban J connectivity index is 3.33. The SMILES string of the molecule is O=c1cc(Br)nc(Cl)[nH]1. The van der Waals surface area contributed by atoms with Crippen LogP contribution in [0.2, 0.25) is 5.28 Å². The molecular weight excluding hydrogens is 207 g/mol. The Kier molecular flexibility index (Phi) is 1.87. The quantitative estimate of drug-likeness (QED) is 0.515. The zero-order valence-electron chi connectivity index (χ0n) is 4.19. The first kappa shape index (κ1) is 6.77. The van der Waals surface area contributed by atoms with Crippen LogP contribution >= 0.6 is 27.5 Å². The number of hydrogen-bond donors (Lipinski definition) is 1. The predicted octanol–water partition coefficient (Wildman–Crippen LogP) is 1.19. The van der Waals surface area contributed by atoms with Gasteiger partial charge in [-0.25, -0.2) is 4.98 Å². The van der Waals surface area contributed by atoms with Crippen LogP contribution in [-0.4, -0.2) is 9.97 Å². The number of halogens is 2. The molecule has 48 valence electrons. The lowest BCUT2D eigenvalue weighted by atomic mass is 10.7. The van der Waals surface area contributed by atoms with E-state index in [2.05, 4.69) is 25.9 Å². The fraction of sp³-hybridized carbons (Fsp3) is 0.